The average molecular weight is 194 g/mol. The largest absolute Gasteiger partial charge is 0.304 e. The Morgan fingerprint density at radius 3 is 2.50 bits per heavy atom. The molecule has 1 fully saturated rings. The van der Waals surface area contributed by atoms with Gasteiger partial charge in [0.2, 0.25) is 0 Å². The fraction of sp³-hybridized carbons (Fsp3) is 0.833. The Morgan fingerprint density at radius 2 is 1.93 bits per heavy atom. The molecule has 14 heavy (non-hydrogen) atoms. The molecule has 2 aliphatic rings. The second-order valence-electron chi connectivity index (χ2n) is 4.82. The summed E-state index contributed by atoms with van der Waals surface area (Å²) in [6.07, 6.45) is 6.42. The van der Waals surface area contributed by atoms with E-state index in [4.69, 9.17) is 0 Å². The normalized spacial score (nSPS) is 31.6. The summed E-state index contributed by atoms with van der Waals surface area (Å²) < 4.78 is 0. The highest BCUT2D eigenvalue weighted by atomic mass is 15.3. The van der Waals surface area contributed by atoms with Gasteiger partial charge in [-0.15, -0.1) is 0 Å². The first kappa shape index (κ1) is 10.2. The third-order valence-corrected chi connectivity index (χ3v) is 3.66. The Kier molecular flexibility index (Phi) is 3.24. The van der Waals surface area contributed by atoms with E-state index in [1.54, 1.807) is 5.57 Å². The van der Waals surface area contributed by atoms with E-state index in [2.05, 4.69) is 29.8 Å². The number of hydrogen-bond donors (Lipinski definition) is 0. The highest BCUT2D eigenvalue weighted by Gasteiger charge is 2.22. The van der Waals surface area contributed by atoms with Crippen molar-refractivity contribution in [3.05, 3.63) is 11.6 Å². The Hall–Kier alpha value is -0.340. The fourth-order valence-electron chi connectivity index (χ4n) is 2.47. The van der Waals surface area contributed by atoms with Crippen LogP contribution in [0, 0.1) is 0 Å². The number of hydrogen-bond acceptors (Lipinski definition) is 2. The van der Waals surface area contributed by atoms with Gasteiger partial charge in [0.25, 0.3) is 0 Å². The van der Waals surface area contributed by atoms with Gasteiger partial charge in [0.05, 0.1) is 0 Å². The van der Waals surface area contributed by atoms with Crippen LogP contribution in [0.15, 0.2) is 11.6 Å². The van der Waals surface area contributed by atoms with Crippen LogP contribution in [0.3, 0.4) is 0 Å². The Labute approximate surface area is 87.6 Å². The molecule has 0 aromatic rings. The molecular weight excluding hydrogens is 172 g/mol. The summed E-state index contributed by atoms with van der Waals surface area (Å²) in [5.41, 5.74) is 1.59. The lowest BCUT2D eigenvalue weighted by Gasteiger charge is -2.39. The van der Waals surface area contributed by atoms with Crippen LogP contribution in [0.5, 0.6) is 0 Å². The van der Waals surface area contributed by atoms with Gasteiger partial charge >= 0.3 is 0 Å². The van der Waals surface area contributed by atoms with E-state index in [9.17, 15) is 0 Å². The van der Waals surface area contributed by atoms with Crippen LogP contribution in [0.25, 0.3) is 0 Å². The molecular formula is C12H22N2. The number of piperazine rings is 1. The number of likely N-dealkylation sites (N-methyl/N-ethyl adjacent to an activating group) is 1. The van der Waals surface area contributed by atoms with Gasteiger partial charge < -0.3 is 4.90 Å². The van der Waals surface area contributed by atoms with Crippen molar-refractivity contribution in [2.45, 2.75) is 32.2 Å². The van der Waals surface area contributed by atoms with Gasteiger partial charge in [-0.2, -0.15) is 0 Å². The Bertz CT molecular complexity index is 214. The minimum atomic E-state index is 0.840. The third-order valence-electron chi connectivity index (χ3n) is 3.66. The predicted molar refractivity (Wildman–Crippen MR) is 60.5 cm³/mol. The van der Waals surface area contributed by atoms with Crippen LogP contribution < -0.4 is 0 Å². The molecule has 0 aromatic heterocycles. The van der Waals surface area contributed by atoms with Crippen molar-refractivity contribution in [2.75, 3.05) is 33.2 Å². The zero-order chi connectivity index (χ0) is 9.97. The molecule has 1 saturated heterocycles. The van der Waals surface area contributed by atoms with Crippen molar-refractivity contribution in [1.82, 2.24) is 9.80 Å². The molecule has 2 heteroatoms. The minimum absolute atomic E-state index is 0.840. The van der Waals surface area contributed by atoms with Crippen molar-refractivity contribution >= 4 is 0 Å². The topological polar surface area (TPSA) is 6.48 Å². The van der Waals surface area contributed by atoms with Crippen molar-refractivity contribution in [3.8, 4) is 0 Å². The Morgan fingerprint density at radius 1 is 1.21 bits per heavy atom. The summed E-state index contributed by atoms with van der Waals surface area (Å²) >= 11 is 0. The first-order chi connectivity index (χ1) is 6.75. The van der Waals surface area contributed by atoms with Gasteiger partial charge in [-0.05, 0) is 33.2 Å². The summed E-state index contributed by atoms with van der Waals surface area (Å²) in [5.74, 6) is 0. The second-order valence-corrected chi connectivity index (χ2v) is 4.82. The first-order valence-electron chi connectivity index (χ1n) is 5.84. The van der Waals surface area contributed by atoms with Crippen molar-refractivity contribution in [3.63, 3.8) is 0 Å². The number of allylic oxidation sites excluding steroid dienone is 1. The van der Waals surface area contributed by atoms with E-state index in [-0.39, 0.29) is 0 Å². The molecule has 0 aromatic carbocycles. The zero-order valence-electron chi connectivity index (χ0n) is 9.50. The molecule has 1 aliphatic heterocycles. The van der Waals surface area contributed by atoms with Gasteiger partial charge in [-0.1, -0.05) is 11.6 Å². The molecule has 0 N–H and O–H groups in total. The summed E-state index contributed by atoms with van der Waals surface area (Å²) in [5, 5.41) is 0. The van der Waals surface area contributed by atoms with Crippen LogP contribution >= 0.6 is 0 Å². The lowest BCUT2D eigenvalue weighted by atomic mass is 9.94. The number of nitrogens with zero attached hydrogens (tertiary/aromatic N) is 2. The maximum Gasteiger partial charge on any atom is 0.0134 e. The monoisotopic (exact) mass is 194 g/mol. The van der Waals surface area contributed by atoms with E-state index >= 15 is 0 Å². The highest BCUT2D eigenvalue weighted by molar-refractivity contribution is 5.05. The van der Waals surface area contributed by atoms with E-state index < -0.39 is 0 Å². The van der Waals surface area contributed by atoms with Crippen LogP contribution in [0.4, 0.5) is 0 Å². The zero-order valence-corrected chi connectivity index (χ0v) is 9.50. The summed E-state index contributed by atoms with van der Waals surface area (Å²) in [7, 11) is 2.22. The number of rotatable bonds is 1. The Balaban J connectivity index is 1.84. The molecule has 0 spiro atoms. The SMILES string of the molecule is CC1=CCC(N2CCN(C)CC2)CC1. The smallest absolute Gasteiger partial charge is 0.0134 e. The maximum absolute atomic E-state index is 2.68. The molecule has 80 valence electrons. The van der Waals surface area contributed by atoms with Gasteiger partial charge in [0.1, 0.15) is 0 Å². The molecule has 1 unspecified atom stereocenters. The quantitative estimate of drug-likeness (QED) is 0.587. The van der Waals surface area contributed by atoms with E-state index in [0.29, 0.717) is 0 Å². The molecule has 1 atom stereocenters. The summed E-state index contributed by atoms with van der Waals surface area (Å²) in [4.78, 5) is 5.11. The second kappa shape index (κ2) is 4.45. The lowest BCUT2D eigenvalue weighted by Crippen LogP contribution is -2.49. The van der Waals surface area contributed by atoms with Crippen molar-refractivity contribution in [1.29, 1.82) is 0 Å². The predicted octanol–water partition coefficient (Wildman–Crippen LogP) is 1.73. The molecule has 0 saturated carbocycles. The highest BCUT2D eigenvalue weighted by Crippen LogP contribution is 2.22. The van der Waals surface area contributed by atoms with Gasteiger partial charge in [0, 0.05) is 32.2 Å². The molecule has 0 bridgehead atoms. The minimum Gasteiger partial charge on any atom is -0.304 e. The standard InChI is InChI=1S/C12H22N2/c1-11-3-5-12(6-4-11)14-9-7-13(2)8-10-14/h3,12H,4-10H2,1-2H3. The van der Waals surface area contributed by atoms with Crippen LogP contribution in [-0.2, 0) is 0 Å². The molecule has 0 amide bonds. The first-order valence-corrected chi connectivity index (χ1v) is 5.84. The molecule has 2 rings (SSSR count). The summed E-state index contributed by atoms with van der Waals surface area (Å²) in [6, 6.07) is 0.840. The molecule has 2 nitrogen and oxygen atoms in total. The van der Waals surface area contributed by atoms with E-state index in [1.807, 2.05) is 0 Å². The molecule has 1 heterocycles. The van der Waals surface area contributed by atoms with Crippen molar-refractivity contribution < 1.29 is 0 Å². The summed E-state index contributed by atoms with van der Waals surface area (Å²) in [6.45, 7) is 7.31. The van der Waals surface area contributed by atoms with Crippen LogP contribution in [0.2, 0.25) is 0 Å². The maximum atomic E-state index is 2.68. The lowest BCUT2D eigenvalue weighted by molar-refractivity contribution is 0.105. The van der Waals surface area contributed by atoms with E-state index in [1.165, 1.54) is 45.4 Å². The molecule has 1 aliphatic carbocycles. The van der Waals surface area contributed by atoms with Gasteiger partial charge in [-0.25, -0.2) is 0 Å². The van der Waals surface area contributed by atoms with Gasteiger partial charge in [-0.3, -0.25) is 4.90 Å². The van der Waals surface area contributed by atoms with Crippen LogP contribution in [-0.4, -0.2) is 49.1 Å². The van der Waals surface area contributed by atoms with E-state index in [0.717, 1.165) is 6.04 Å². The van der Waals surface area contributed by atoms with Crippen LogP contribution in [0.1, 0.15) is 26.2 Å². The third kappa shape index (κ3) is 2.37. The fourth-order valence-corrected chi connectivity index (χ4v) is 2.47. The van der Waals surface area contributed by atoms with Gasteiger partial charge in [0.15, 0.2) is 0 Å². The van der Waals surface area contributed by atoms with Crippen molar-refractivity contribution in [2.24, 2.45) is 0 Å². The molecule has 0 radical (unpaired) electrons. The average Bonchev–Trinajstić information content (AvgIpc) is 2.21.